The molecule has 0 spiro atoms. The Kier molecular flexibility index (Phi) is 3.37. The highest BCUT2D eigenvalue weighted by molar-refractivity contribution is 6.31. The van der Waals surface area contributed by atoms with Crippen LogP contribution in [0.4, 0.5) is 5.82 Å². The summed E-state index contributed by atoms with van der Waals surface area (Å²) in [6.45, 7) is 0. The summed E-state index contributed by atoms with van der Waals surface area (Å²) in [7, 11) is 0. The van der Waals surface area contributed by atoms with Crippen LogP contribution in [-0.2, 0) is 12.8 Å². The molecule has 0 aromatic carbocycles. The second kappa shape index (κ2) is 4.94. The minimum atomic E-state index is 0.554. The Hall–Kier alpha value is -1.61. The highest BCUT2D eigenvalue weighted by atomic mass is 35.5. The summed E-state index contributed by atoms with van der Waals surface area (Å²) < 4.78 is 0. The Bertz CT molecular complexity index is 485. The number of rotatable bonds is 3. The first kappa shape index (κ1) is 10.9. The highest BCUT2D eigenvalue weighted by Gasteiger charge is 2.01. The molecular weight excluding hydrogens is 222 g/mol. The molecule has 3 nitrogen and oxygen atoms in total. The van der Waals surface area contributed by atoms with Gasteiger partial charge in [-0.3, -0.25) is 4.98 Å². The monoisotopic (exact) mass is 233 g/mol. The first-order valence-corrected chi connectivity index (χ1v) is 5.42. The highest BCUT2D eigenvalue weighted by Crippen LogP contribution is 2.16. The third-order valence-corrected chi connectivity index (χ3v) is 2.73. The number of aryl methyl sites for hydroxylation is 2. The molecule has 0 bridgehead atoms. The largest absolute Gasteiger partial charge is 0.384 e. The number of aromatic nitrogens is 2. The molecule has 0 saturated heterocycles. The third kappa shape index (κ3) is 2.70. The zero-order valence-corrected chi connectivity index (χ0v) is 9.48. The van der Waals surface area contributed by atoms with Crippen molar-refractivity contribution in [1.29, 1.82) is 0 Å². The summed E-state index contributed by atoms with van der Waals surface area (Å²) in [5.74, 6) is 0.554. The molecule has 0 aliphatic heterocycles. The van der Waals surface area contributed by atoms with Gasteiger partial charge < -0.3 is 5.73 Å². The van der Waals surface area contributed by atoms with Crippen molar-refractivity contribution in [3.8, 4) is 0 Å². The van der Waals surface area contributed by atoms with Crippen molar-refractivity contribution < 1.29 is 0 Å². The summed E-state index contributed by atoms with van der Waals surface area (Å²) in [6, 6.07) is 5.79. The Morgan fingerprint density at radius 1 is 1.19 bits per heavy atom. The second-order valence-electron chi connectivity index (χ2n) is 3.56. The van der Waals surface area contributed by atoms with Gasteiger partial charge in [0.15, 0.2) is 0 Å². The molecule has 2 rings (SSSR count). The van der Waals surface area contributed by atoms with Crippen LogP contribution in [-0.4, -0.2) is 9.97 Å². The molecule has 2 heterocycles. The van der Waals surface area contributed by atoms with Gasteiger partial charge in [0.05, 0.1) is 5.02 Å². The lowest BCUT2D eigenvalue weighted by atomic mass is 10.1. The fourth-order valence-corrected chi connectivity index (χ4v) is 1.75. The van der Waals surface area contributed by atoms with Crippen LogP contribution < -0.4 is 5.73 Å². The molecule has 0 fully saturated rings. The van der Waals surface area contributed by atoms with Crippen LogP contribution in [0.5, 0.6) is 0 Å². The zero-order valence-electron chi connectivity index (χ0n) is 8.73. The first-order chi connectivity index (χ1) is 7.75. The average molecular weight is 234 g/mol. The molecule has 16 heavy (non-hydrogen) atoms. The molecule has 0 unspecified atom stereocenters. The molecule has 0 saturated carbocycles. The van der Waals surface area contributed by atoms with Gasteiger partial charge in [0.2, 0.25) is 0 Å². The molecule has 2 aromatic rings. The van der Waals surface area contributed by atoms with Crippen LogP contribution in [0.2, 0.25) is 5.02 Å². The van der Waals surface area contributed by atoms with Gasteiger partial charge in [-0.1, -0.05) is 11.6 Å². The summed E-state index contributed by atoms with van der Waals surface area (Å²) in [5.41, 5.74) is 7.88. The predicted octanol–water partition coefficient (Wildman–Crippen LogP) is 2.50. The molecular formula is C12H12ClN3. The van der Waals surface area contributed by atoms with Crippen LogP contribution in [0.25, 0.3) is 0 Å². The molecule has 0 aliphatic rings. The number of hydrogen-bond donors (Lipinski definition) is 1. The van der Waals surface area contributed by atoms with E-state index in [2.05, 4.69) is 9.97 Å². The van der Waals surface area contributed by atoms with E-state index in [9.17, 15) is 0 Å². The number of pyridine rings is 2. The zero-order chi connectivity index (χ0) is 11.4. The normalized spacial score (nSPS) is 10.3. The fourth-order valence-electron chi connectivity index (χ4n) is 1.54. The van der Waals surface area contributed by atoms with E-state index in [-0.39, 0.29) is 0 Å². The molecule has 0 radical (unpaired) electrons. The van der Waals surface area contributed by atoms with Crippen LogP contribution in [0.15, 0.2) is 36.8 Å². The van der Waals surface area contributed by atoms with Crippen LogP contribution in [0.3, 0.4) is 0 Å². The standard InChI is InChI=1S/C12H12ClN3/c13-11-8-15-5-4-10(11)2-1-9-3-6-16-12(14)7-9/h3-8H,1-2H2,(H2,14,16). The third-order valence-electron chi connectivity index (χ3n) is 2.38. The van der Waals surface area contributed by atoms with Gasteiger partial charge in [-0.2, -0.15) is 0 Å². The number of halogens is 1. The Morgan fingerprint density at radius 3 is 2.81 bits per heavy atom. The molecule has 0 amide bonds. The lowest BCUT2D eigenvalue weighted by Crippen LogP contribution is -1.95. The summed E-state index contributed by atoms with van der Waals surface area (Å²) in [6.07, 6.45) is 6.92. The van der Waals surface area contributed by atoms with E-state index in [0.29, 0.717) is 10.8 Å². The van der Waals surface area contributed by atoms with Gasteiger partial charge in [0.1, 0.15) is 5.82 Å². The lowest BCUT2D eigenvalue weighted by Gasteiger charge is -2.04. The lowest BCUT2D eigenvalue weighted by molar-refractivity contribution is 0.952. The van der Waals surface area contributed by atoms with Crippen molar-refractivity contribution in [3.05, 3.63) is 52.9 Å². The predicted molar refractivity (Wildman–Crippen MR) is 65.3 cm³/mol. The van der Waals surface area contributed by atoms with Gasteiger partial charge >= 0.3 is 0 Å². The molecule has 0 aliphatic carbocycles. The van der Waals surface area contributed by atoms with Crippen LogP contribution in [0.1, 0.15) is 11.1 Å². The van der Waals surface area contributed by atoms with Crippen molar-refractivity contribution in [2.45, 2.75) is 12.8 Å². The Labute approximate surface area is 99.3 Å². The number of nitrogen functional groups attached to an aromatic ring is 1. The topological polar surface area (TPSA) is 51.8 Å². The molecule has 82 valence electrons. The van der Waals surface area contributed by atoms with Crippen molar-refractivity contribution in [1.82, 2.24) is 9.97 Å². The van der Waals surface area contributed by atoms with Crippen molar-refractivity contribution in [3.63, 3.8) is 0 Å². The minimum Gasteiger partial charge on any atom is -0.384 e. The number of nitrogens with zero attached hydrogens (tertiary/aromatic N) is 2. The van der Waals surface area contributed by atoms with Crippen LogP contribution in [0, 0.1) is 0 Å². The van der Waals surface area contributed by atoms with Crippen molar-refractivity contribution in [2.24, 2.45) is 0 Å². The van der Waals surface area contributed by atoms with E-state index >= 15 is 0 Å². The van der Waals surface area contributed by atoms with Gasteiger partial charge in [0.25, 0.3) is 0 Å². The van der Waals surface area contributed by atoms with E-state index in [1.807, 2.05) is 18.2 Å². The van der Waals surface area contributed by atoms with E-state index < -0.39 is 0 Å². The van der Waals surface area contributed by atoms with Gasteiger partial charge in [-0.25, -0.2) is 4.98 Å². The van der Waals surface area contributed by atoms with E-state index in [1.54, 1.807) is 18.6 Å². The summed E-state index contributed by atoms with van der Waals surface area (Å²) in [4.78, 5) is 7.91. The van der Waals surface area contributed by atoms with E-state index in [0.717, 1.165) is 18.4 Å². The minimum absolute atomic E-state index is 0.554. The molecule has 4 heteroatoms. The number of hydrogen-bond acceptors (Lipinski definition) is 3. The fraction of sp³-hybridized carbons (Fsp3) is 0.167. The quantitative estimate of drug-likeness (QED) is 0.886. The van der Waals surface area contributed by atoms with Gasteiger partial charge in [-0.15, -0.1) is 0 Å². The Balaban J connectivity index is 2.05. The first-order valence-electron chi connectivity index (χ1n) is 5.04. The maximum Gasteiger partial charge on any atom is 0.123 e. The number of nitrogens with two attached hydrogens (primary N) is 1. The second-order valence-corrected chi connectivity index (χ2v) is 3.96. The van der Waals surface area contributed by atoms with Crippen molar-refractivity contribution >= 4 is 17.4 Å². The van der Waals surface area contributed by atoms with E-state index in [4.69, 9.17) is 17.3 Å². The Morgan fingerprint density at radius 2 is 2.06 bits per heavy atom. The average Bonchev–Trinajstić information content (AvgIpc) is 2.28. The molecule has 0 atom stereocenters. The SMILES string of the molecule is Nc1cc(CCc2ccncc2Cl)ccn1. The smallest absolute Gasteiger partial charge is 0.123 e. The van der Waals surface area contributed by atoms with Gasteiger partial charge in [-0.05, 0) is 42.2 Å². The maximum absolute atomic E-state index is 6.02. The summed E-state index contributed by atoms with van der Waals surface area (Å²) in [5, 5.41) is 0.713. The molecule has 2 N–H and O–H groups in total. The van der Waals surface area contributed by atoms with Gasteiger partial charge in [0, 0.05) is 18.6 Å². The maximum atomic E-state index is 6.02. The summed E-state index contributed by atoms with van der Waals surface area (Å²) >= 11 is 6.02. The van der Waals surface area contributed by atoms with Crippen LogP contribution >= 0.6 is 11.6 Å². The number of anilines is 1. The molecule has 2 aromatic heterocycles. The van der Waals surface area contributed by atoms with E-state index in [1.165, 1.54) is 5.56 Å². The van der Waals surface area contributed by atoms with Crippen molar-refractivity contribution in [2.75, 3.05) is 5.73 Å².